The standard InChI is InChI=1S/C10H11F3N4/c11-10(12,13)8-3-16-9(4-15-8)17-5-6-1-7(17)2-14-6/h3-4,6-7,14H,1-2,5H2/t6-,7-/m1/s1. The first-order chi connectivity index (χ1) is 8.04. The summed E-state index contributed by atoms with van der Waals surface area (Å²) in [5.41, 5.74) is -0.941. The Morgan fingerprint density at radius 1 is 1.29 bits per heavy atom. The van der Waals surface area contributed by atoms with Gasteiger partial charge in [-0.15, -0.1) is 0 Å². The summed E-state index contributed by atoms with van der Waals surface area (Å²) in [6, 6.07) is 0.773. The number of alkyl halides is 3. The van der Waals surface area contributed by atoms with Crippen LogP contribution in [0.2, 0.25) is 0 Å². The van der Waals surface area contributed by atoms with Gasteiger partial charge < -0.3 is 10.2 Å². The molecule has 3 heterocycles. The highest BCUT2D eigenvalue weighted by molar-refractivity contribution is 5.41. The van der Waals surface area contributed by atoms with Crippen molar-refractivity contribution in [2.24, 2.45) is 0 Å². The monoisotopic (exact) mass is 244 g/mol. The van der Waals surface area contributed by atoms with Crippen molar-refractivity contribution in [1.82, 2.24) is 15.3 Å². The Morgan fingerprint density at radius 3 is 2.59 bits per heavy atom. The van der Waals surface area contributed by atoms with Crippen molar-refractivity contribution in [3.63, 3.8) is 0 Å². The van der Waals surface area contributed by atoms with Gasteiger partial charge in [-0.05, 0) is 6.42 Å². The molecule has 0 unspecified atom stereocenters. The molecule has 0 spiro atoms. The lowest BCUT2D eigenvalue weighted by Crippen LogP contribution is -2.44. The lowest BCUT2D eigenvalue weighted by Gasteiger charge is -2.28. The third-order valence-electron chi connectivity index (χ3n) is 3.28. The zero-order valence-corrected chi connectivity index (χ0v) is 8.91. The summed E-state index contributed by atoms with van der Waals surface area (Å²) in [7, 11) is 0. The van der Waals surface area contributed by atoms with E-state index >= 15 is 0 Å². The third kappa shape index (κ3) is 1.84. The quantitative estimate of drug-likeness (QED) is 0.801. The van der Waals surface area contributed by atoms with Gasteiger partial charge in [-0.2, -0.15) is 13.2 Å². The lowest BCUT2D eigenvalue weighted by molar-refractivity contribution is -0.141. The number of nitrogens with zero attached hydrogens (tertiary/aromatic N) is 3. The minimum absolute atomic E-state index is 0.339. The SMILES string of the molecule is FC(F)(F)c1cnc(N2C[C@H]3C[C@@H]2CN3)cn1. The molecule has 2 aliphatic rings. The molecular formula is C10H11F3N4. The van der Waals surface area contributed by atoms with Crippen LogP contribution in [-0.4, -0.2) is 35.1 Å². The van der Waals surface area contributed by atoms with E-state index in [0.717, 1.165) is 25.7 Å². The van der Waals surface area contributed by atoms with Gasteiger partial charge >= 0.3 is 6.18 Å². The largest absolute Gasteiger partial charge is 0.434 e. The maximum Gasteiger partial charge on any atom is 0.434 e. The first-order valence-electron chi connectivity index (χ1n) is 5.43. The van der Waals surface area contributed by atoms with E-state index in [-0.39, 0.29) is 0 Å². The summed E-state index contributed by atoms with van der Waals surface area (Å²) in [6.07, 6.45) is -1.38. The van der Waals surface area contributed by atoms with Crippen LogP contribution in [-0.2, 0) is 6.18 Å². The first kappa shape index (κ1) is 10.8. The number of piperazine rings is 1. The molecule has 1 aromatic heterocycles. The van der Waals surface area contributed by atoms with Crippen molar-refractivity contribution in [1.29, 1.82) is 0 Å². The Kier molecular flexibility index (Phi) is 2.25. The van der Waals surface area contributed by atoms with Crippen LogP contribution in [0.3, 0.4) is 0 Å². The zero-order chi connectivity index (χ0) is 12.0. The minimum atomic E-state index is -4.42. The predicted molar refractivity (Wildman–Crippen MR) is 54.6 cm³/mol. The van der Waals surface area contributed by atoms with Crippen molar-refractivity contribution in [3.05, 3.63) is 18.1 Å². The molecular weight excluding hydrogens is 233 g/mol. The van der Waals surface area contributed by atoms with Crippen LogP contribution >= 0.6 is 0 Å². The van der Waals surface area contributed by atoms with Crippen molar-refractivity contribution < 1.29 is 13.2 Å². The van der Waals surface area contributed by atoms with E-state index in [1.54, 1.807) is 0 Å². The molecule has 7 heteroatoms. The van der Waals surface area contributed by atoms with Gasteiger partial charge in [0.25, 0.3) is 0 Å². The summed E-state index contributed by atoms with van der Waals surface area (Å²) >= 11 is 0. The predicted octanol–water partition coefficient (Wildman–Crippen LogP) is 1.05. The molecule has 1 N–H and O–H groups in total. The van der Waals surface area contributed by atoms with Crippen LogP contribution in [0.1, 0.15) is 12.1 Å². The van der Waals surface area contributed by atoms with E-state index in [9.17, 15) is 13.2 Å². The van der Waals surface area contributed by atoms with Crippen LogP contribution in [0, 0.1) is 0 Å². The molecule has 0 aromatic carbocycles. The van der Waals surface area contributed by atoms with Crippen molar-refractivity contribution >= 4 is 5.82 Å². The van der Waals surface area contributed by atoms with E-state index in [0.29, 0.717) is 17.9 Å². The zero-order valence-electron chi connectivity index (χ0n) is 8.91. The van der Waals surface area contributed by atoms with Gasteiger partial charge in [0, 0.05) is 25.2 Å². The fourth-order valence-corrected chi connectivity index (χ4v) is 2.46. The van der Waals surface area contributed by atoms with Crippen molar-refractivity contribution in [2.75, 3.05) is 18.0 Å². The van der Waals surface area contributed by atoms with Gasteiger partial charge in [-0.1, -0.05) is 0 Å². The molecule has 1 aromatic rings. The second-order valence-electron chi connectivity index (χ2n) is 4.40. The molecule has 2 aliphatic heterocycles. The molecule has 0 radical (unpaired) electrons. The van der Waals surface area contributed by atoms with Crippen LogP contribution in [0.15, 0.2) is 12.4 Å². The molecule has 2 bridgehead atoms. The molecule has 4 nitrogen and oxygen atoms in total. The van der Waals surface area contributed by atoms with Gasteiger partial charge in [-0.25, -0.2) is 9.97 Å². The number of rotatable bonds is 1. The van der Waals surface area contributed by atoms with Gasteiger partial charge in [0.15, 0.2) is 5.69 Å². The minimum Gasteiger partial charge on any atom is -0.349 e. The van der Waals surface area contributed by atoms with Crippen LogP contribution in [0.4, 0.5) is 19.0 Å². The molecule has 0 saturated carbocycles. The number of nitrogens with one attached hydrogen (secondary N) is 1. The van der Waals surface area contributed by atoms with Gasteiger partial charge in [0.2, 0.25) is 0 Å². The number of halogens is 3. The fourth-order valence-electron chi connectivity index (χ4n) is 2.46. The highest BCUT2D eigenvalue weighted by atomic mass is 19.4. The number of fused-ring (bicyclic) bond motifs is 2. The van der Waals surface area contributed by atoms with Crippen molar-refractivity contribution in [3.8, 4) is 0 Å². The van der Waals surface area contributed by atoms with Gasteiger partial charge in [-0.3, -0.25) is 0 Å². The molecule has 2 saturated heterocycles. The number of anilines is 1. The average molecular weight is 244 g/mol. The normalized spacial score (nSPS) is 27.8. The maximum absolute atomic E-state index is 12.3. The van der Waals surface area contributed by atoms with E-state index in [1.165, 1.54) is 6.20 Å². The molecule has 0 amide bonds. The van der Waals surface area contributed by atoms with E-state index in [1.807, 2.05) is 4.90 Å². The Hall–Kier alpha value is -1.37. The summed E-state index contributed by atoms with van der Waals surface area (Å²) < 4.78 is 37.0. The average Bonchev–Trinajstić information content (AvgIpc) is 2.89. The Morgan fingerprint density at radius 2 is 2.12 bits per heavy atom. The Labute approximate surface area is 95.9 Å². The van der Waals surface area contributed by atoms with Crippen LogP contribution in [0.25, 0.3) is 0 Å². The topological polar surface area (TPSA) is 41.1 Å². The van der Waals surface area contributed by atoms with Crippen LogP contribution in [0.5, 0.6) is 0 Å². The molecule has 17 heavy (non-hydrogen) atoms. The lowest BCUT2D eigenvalue weighted by atomic mass is 10.2. The second kappa shape index (κ2) is 3.56. The third-order valence-corrected chi connectivity index (χ3v) is 3.28. The Bertz CT molecular complexity index is 417. The molecule has 92 valence electrons. The number of hydrogen-bond donors (Lipinski definition) is 1. The van der Waals surface area contributed by atoms with Gasteiger partial charge in [0.05, 0.1) is 12.4 Å². The summed E-state index contributed by atoms with van der Waals surface area (Å²) in [4.78, 5) is 9.31. The molecule has 2 atom stereocenters. The fraction of sp³-hybridized carbons (Fsp3) is 0.600. The molecule has 0 aliphatic carbocycles. The maximum atomic E-state index is 12.3. The summed E-state index contributed by atoms with van der Waals surface area (Å²) in [5, 5.41) is 3.32. The molecule has 2 fully saturated rings. The smallest absolute Gasteiger partial charge is 0.349 e. The van der Waals surface area contributed by atoms with E-state index in [4.69, 9.17) is 0 Å². The number of aromatic nitrogens is 2. The molecule has 3 rings (SSSR count). The summed E-state index contributed by atoms with van der Waals surface area (Å²) in [5.74, 6) is 0.534. The highest BCUT2D eigenvalue weighted by Gasteiger charge is 2.39. The first-order valence-corrected chi connectivity index (χ1v) is 5.43. The second-order valence-corrected chi connectivity index (χ2v) is 4.40. The van der Waals surface area contributed by atoms with E-state index < -0.39 is 11.9 Å². The van der Waals surface area contributed by atoms with Gasteiger partial charge in [0.1, 0.15) is 5.82 Å². The Balaban J connectivity index is 1.81. The highest BCUT2D eigenvalue weighted by Crippen LogP contribution is 2.30. The van der Waals surface area contributed by atoms with Crippen LogP contribution < -0.4 is 10.2 Å². The van der Waals surface area contributed by atoms with Crippen molar-refractivity contribution in [2.45, 2.75) is 24.7 Å². The van der Waals surface area contributed by atoms with E-state index in [2.05, 4.69) is 15.3 Å². The summed E-state index contributed by atoms with van der Waals surface area (Å²) in [6.45, 7) is 1.66. The number of hydrogen-bond acceptors (Lipinski definition) is 4.